The third-order valence-corrected chi connectivity index (χ3v) is 2.05. The minimum Gasteiger partial charge on any atom is -0.374 e. The molecule has 0 aromatic rings. The molecule has 0 bridgehead atoms. The summed E-state index contributed by atoms with van der Waals surface area (Å²) in [5.74, 6) is 0.157. The van der Waals surface area contributed by atoms with E-state index in [1.807, 2.05) is 18.7 Å². The maximum Gasteiger partial charge on any atom is 0.219 e. The number of rotatable bonds is 2. The smallest absolute Gasteiger partial charge is 0.219 e. The molecule has 1 aliphatic rings. The number of amides is 1. The lowest BCUT2D eigenvalue weighted by atomic mass is 10.3. The zero-order valence-corrected chi connectivity index (χ0v) is 8.04. The summed E-state index contributed by atoms with van der Waals surface area (Å²) >= 11 is 0. The van der Waals surface area contributed by atoms with Gasteiger partial charge in [0.1, 0.15) is 0 Å². The average Bonchev–Trinajstić information content (AvgIpc) is 2.34. The van der Waals surface area contributed by atoms with Crippen LogP contribution in [0.3, 0.4) is 0 Å². The number of likely N-dealkylation sites (tertiary alicyclic amines) is 1. The van der Waals surface area contributed by atoms with Gasteiger partial charge in [-0.3, -0.25) is 4.79 Å². The standard InChI is InChI=1S/C9H17NO2/c1-7(2)12-9-4-5-10(6-9)8(3)11/h7,9H,4-6H2,1-3H3. The molecule has 3 nitrogen and oxygen atoms in total. The molecule has 1 atom stereocenters. The van der Waals surface area contributed by atoms with E-state index in [2.05, 4.69) is 0 Å². The van der Waals surface area contributed by atoms with Gasteiger partial charge in [-0.05, 0) is 20.3 Å². The Morgan fingerprint density at radius 3 is 2.67 bits per heavy atom. The van der Waals surface area contributed by atoms with E-state index in [0.29, 0.717) is 0 Å². The Balaban J connectivity index is 2.30. The third kappa shape index (κ3) is 2.48. The van der Waals surface area contributed by atoms with Gasteiger partial charge >= 0.3 is 0 Å². The van der Waals surface area contributed by atoms with E-state index in [0.717, 1.165) is 19.5 Å². The largest absolute Gasteiger partial charge is 0.374 e. The number of carbonyl (C=O) groups excluding carboxylic acids is 1. The van der Waals surface area contributed by atoms with Crippen molar-refractivity contribution in [2.45, 2.75) is 39.4 Å². The fraction of sp³-hybridized carbons (Fsp3) is 0.889. The van der Waals surface area contributed by atoms with Gasteiger partial charge in [0, 0.05) is 20.0 Å². The van der Waals surface area contributed by atoms with Crippen LogP contribution in [0.4, 0.5) is 0 Å². The molecule has 3 heteroatoms. The maximum absolute atomic E-state index is 10.9. The van der Waals surface area contributed by atoms with Crippen molar-refractivity contribution in [1.29, 1.82) is 0 Å². The molecule has 70 valence electrons. The maximum atomic E-state index is 10.9. The van der Waals surface area contributed by atoms with Crippen LogP contribution in [-0.2, 0) is 9.53 Å². The van der Waals surface area contributed by atoms with E-state index in [4.69, 9.17) is 4.74 Å². The van der Waals surface area contributed by atoms with Crippen LogP contribution < -0.4 is 0 Å². The Morgan fingerprint density at radius 2 is 2.25 bits per heavy atom. The summed E-state index contributed by atoms with van der Waals surface area (Å²) in [5.41, 5.74) is 0. The van der Waals surface area contributed by atoms with Crippen LogP contribution in [0, 0.1) is 0 Å². The Labute approximate surface area is 73.7 Å². The van der Waals surface area contributed by atoms with Crippen LogP contribution in [0.5, 0.6) is 0 Å². The van der Waals surface area contributed by atoms with E-state index in [-0.39, 0.29) is 18.1 Å². The lowest BCUT2D eigenvalue weighted by Gasteiger charge is -2.16. The van der Waals surface area contributed by atoms with Gasteiger partial charge in [0.15, 0.2) is 0 Å². The molecule has 0 aromatic heterocycles. The highest BCUT2D eigenvalue weighted by molar-refractivity contribution is 5.73. The SMILES string of the molecule is CC(=O)N1CCC(OC(C)C)C1. The molecule has 1 heterocycles. The fourth-order valence-corrected chi connectivity index (χ4v) is 1.51. The molecule has 1 saturated heterocycles. The molecule has 1 aliphatic heterocycles. The van der Waals surface area contributed by atoms with Crippen molar-refractivity contribution >= 4 is 5.91 Å². The predicted molar refractivity (Wildman–Crippen MR) is 46.9 cm³/mol. The van der Waals surface area contributed by atoms with Gasteiger partial charge in [-0.1, -0.05) is 0 Å². The summed E-state index contributed by atoms with van der Waals surface area (Å²) < 4.78 is 5.60. The first kappa shape index (κ1) is 9.52. The highest BCUT2D eigenvalue weighted by atomic mass is 16.5. The molecule has 0 N–H and O–H groups in total. The topological polar surface area (TPSA) is 29.5 Å². The fourth-order valence-electron chi connectivity index (χ4n) is 1.51. The Kier molecular flexibility index (Phi) is 3.09. The molecule has 0 saturated carbocycles. The van der Waals surface area contributed by atoms with Crippen molar-refractivity contribution in [2.75, 3.05) is 13.1 Å². The van der Waals surface area contributed by atoms with Gasteiger partial charge in [0.2, 0.25) is 5.91 Å². The van der Waals surface area contributed by atoms with E-state index >= 15 is 0 Å². The summed E-state index contributed by atoms with van der Waals surface area (Å²) in [4.78, 5) is 12.8. The number of carbonyl (C=O) groups is 1. The number of hydrogen-bond acceptors (Lipinski definition) is 2. The molecule has 12 heavy (non-hydrogen) atoms. The number of nitrogens with zero attached hydrogens (tertiary/aromatic N) is 1. The molecule has 1 rings (SSSR count). The first-order valence-electron chi connectivity index (χ1n) is 4.50. The first-order chi connectivity index (χ1) is 5.59. The van der Waals surface area contributed by atoms with Gasteiger partial charge in [-0.2, -0.15) is 0 Å². The monoisotopic (exact) mass is 171 g/mol. The van der Waals surface area contributed by atoms with E-state index < -0.39 is 0 Å². The Bertz CT molecular complexity index is 168. The lowest BCUT2D eigenvalue weighted by molar-refractivity contribution is -0.128. The van der Waals surface area contributed by atoms with Crippen LogP contribution in [0.15, 0.2) is 0 Å². The molecule has 0 radical (unpaired) electrons. The quantitative estimate of drug-likeness (QED) is 0.621. The van der Waals surface area contributed by atoms with Gasteiger partial charge in [-0.25, -0.2) is 0 Å². The van der Waals surface area contributed by atoms with Crippen LogP contribution in [-0.4, -0.2) is 36.1 Å². The second kappa shape index (κ2) is 3.90. The summed E-state index contributed by atoms with van der Waals surface area (Å²) in [6.45, 7) is 7.28. The zero-order valence-electron chi connectivity index (χ0n) is 8.04. The minimum absolute atomic E-state index is 0.157. The molecular formula is C9H17NO2. The molecule has 1 amide bonds. The molecular weight excluding hydrogens is 154 g/mol. The highest BCUT2D eigenvalue weighted by Gasteiger charge is 2.24. The Morgan fingerprint density at radius 1 is 1.58 bits per heavy atom. The summed E-state index contributed by atoms with van der Waals surface area (Å²) in [6, 6.07) is 0. The van der Waals surface area contributed by atoms with Gasteiger partial charge < -0.3 is 9.64 Å². The van der Waals surface area contributed by atoms with Gasteiger partial charge in [0.05, 0.1) is 12.2 Å². The van der Waals surface area contributed by atoms with Gasteiger partial charge in [-0.15, -0.1) is 0 Å². The summed E-state index contributed by atoms with van der Waals surface area (Å²) in [7, 11) is 0. The molecule has 1 unspecified atom stereocenters. The molecule has 0 aromatic carbocycles. The number of ether oxygens (including phenoxy) is 1. The zero-order chi connectivity index (χ0) is 9.14. The van der Waals surface area contributed by atoms with Crippen molar-refractivity contribution in [3.05, 3.63) is 0 Å². The summed E-state index contributed by atoms with van der Waals surface area (Å²) in [6.07, 6.45) is 1.51. The second-order valence-corrected chi connectivity index (χ2v) is 3.56. The van der Waals surface area contributed by atoms with Crippen LogP contribution in [0.25, 0.3) is 0 Å². The minimum atomic E-state index is 0.157. The Hall–Kier alpha value is -0.570. The molecule has 0 aliphatic carbocycles. The van der Waals surface area contributed by atoms with Crippen LogP contribution >= 0.6 is 0 Å². The number of hydrogen-bond donors (Lipinski definition) is 0. The van der Waals surface area contributed by atoms with E-state index in [1.165, 1.54) is 0 Å². The van der Waals surface area contributed by atoms with Crippen molar-refractivity contribution in [3.63, 3.8) is 0 Å². The van der Waals surface area contributed by atoms with E-state index in [1.54, 1.807) is 6.92 Å². The van der Waals surface area contributed by atoms with Crippen molar-refractivity contribution in [3.8, 4) is 0 Å². The molecule has 0 spiro atoms. The average molecular weight is 171 g/mol. The first-order valence-corrected chi connectivity index (χ1v) is 4.50. The lowest BCUT2D eigenvalue weighted by Crippen LogP contribution is -2.28. The molecule has 1 fully saturated rings. The third-order valence-electron chi connectivity index (χ3n) is 2.05. The highest BCUT2D eigenvalue weighted by Crippen LogP contribution is 2.13. The van der Waals surface area contributed by atoms with Crippen molar-refractivity contribution in [2.24, 2.45) is 0 Å². The van der Waals surface area contributed by atoms with Gasteiger partial charge in [0.25, 0.3) is 0 Å². The van der Waals surface area contributed by atoms with Crippen LogP contribution in [0.2, 0.25) is 0 Å². The van der Waals surface area contributed by atoms with E-state index in [9.17, 15) is 4.79 Å². The van der Waals surface area contributed by atoms with Crippen LogP contribution in [0.1, 0.15) is 27.2 Å². The predicted octanol–water partition coefficient (Wildman–Crippen LogP) is 1.03. The van der Waals surface area contributed by atoms with Crippen molar-refractivity contribution < 1.29 is 9.53 Å². The second-order valence-electron chi connectivity index (χ2n) is 3.56. The summed E-state index contributed by atoms with van der Waals surface area (Å²) in [5, 5.41) is 0. The normalized spacial score (nSPS) is 23.7. The van der Waals surface area contributed by atoms with Crippen molar-refractivity contribution in [1.82, 2.24) is 4.90 Å².